The molecule has 0 N–H and O–H groups in total. The molecule has 80 valence electrons. The molecular weight excluding hydrogens is 182 g/mol. The van der Waals surface area contributed by atoms with Gasteiger partial charge in [-0.3, -0.25) is 4.98 Å². The van der Waals surface area contributed by atoms with Crippen molar-refractivity contribution in [3.63, 3.8) is 0 Å². The van der Waals surface area contributed by atoms with Crippen molar-refractivity contribution in [2.45, 2.75) is 33.6 Å². The Morgan fingerprint density at radius 2 is 2.20 bits per heavy atom. The van der Waals surface area contributed by atoms with Crippen LogP contribution in [0.1, 0.15) is 37.9 Å². The van der Waals surface area contributed by atoms with E-state index in [-0.39, 0.29) is 0 Å². The molecule has 0 spiro atoms. The van der Waals surface area contributed by atoms with Crippen LogP contribution in [-0.2, 0) is 0 Å². The Kier molecular flexibility index (Phi) is 4.29. The summed E-state index contributed by atoms with van der Waals surface area (Å²) < 4.78 is 0. The van der Waals surface area contributed by atoms with Gasteiger partial charge in [-0.1, -0.05) is 30.7 Å². The molecule has 0 aliphatic carbocycles. The first-order valence-electron chi connectivity index (χ1n) is 5.37. The van der Waals surface area contributed by atoms with Crippen molar-refractivity contribution in [1.82, 2.24) is 4.98 Å². The summed E-state index contributed by atoms with van der Waals surface area (Å²) in [7, 11) is 0. The van der Waals surface area contributed by atoms with Crippen molar-refractivity contribution in [2.24, 2.45) is 0 Å². The Morgan fingerprint density at radius 1 is 1.47 bits per heavy atom. The third-order valence-electron chi connectivity index (χ3n) is 2.35. The van der Waals surface area contributed by atoms with Gasteiger partial charge in [-0.25, -0.2) is 0 Å². The first-order chi connectivity index (χ1) is 7.13. The standard InChI is InChI=1S/C14H19N/c1-5-6-11(2)9-13(4)14-10-12(3)7-8-15-14/h5-10,13H,1-4H3/b6-5-,11-9-. The van der Waals surface area contributed by atoms with Crippen LogP contribution in [0.2, 0.25) is 0 Å². The molecule has 0 radical (unpaired) electrons. The Hall–Kier alpha value is -1.37. The minimum absolute atomic E-state index is 0.376. The molecule has 1 nitrogen and oxygen atoms in total. The molecule has 0 aliphatic heterocycles. The highest BCUT2D eigenvalue weighted by Gasteiger charge is 2.03. The lowest BCUT2D eigenvalue weighted by molar-refractivity contribution is 0.896. The Bertz CT molecular complexity index is 375. The summed E-state index contributed by atoms with van der Waals surface area (Å²) in [5.41, 5.74) is 3.69. The van der Waals surface area contributed by atoms with E-state index in [4.69, 9.17) is 0 Å². The van der Waals surface area contributed by atoms with Gasteiger partial charge in [-0.05, 0) is 38.5 Å². The van der Waals surface area contributed by atoms with Crippen LogP contribution >= 0.6 is 0 Å². The second-order valence-corrected chi connectivity index (χ2v) is 3.96. The quantitative estimate of drug-likeness (QED) is 0.673. The Balaban J connectivity index is 2.85. The minimum Gasteiger partial charge on any atom is -0.261 e. The minimum atomic E-state index is 0.376. The zero-order chi connectivity index (χ0) is 11.3. The van der Waals surface area contributed by atoms with Gasteiger partial charge < -0.3 is 0 Å². The van der Waals surface area contributed by atoms with E-state index in [1.807, 2.05) is 19.2 Å². The summed E-state index contributed by atoms with van der Waals surface area (Å²) in [6.07, 6.45) is 8.29. The molecule has 1 unspecified atom stereocenters. The van der Waals surface area contributed by atoms with Crippen LogP contribution in [0.25, 0.3) is 0 Å². The van der Waals surface area contributed by atoms with E-state index in [0.29, 0.717) is 5.92 Å². The molecule has 0 fully saturated rings. The van der Waals surface area contributed by atoms with Crippen molar-refractivity contribution in [3.8, 4) is 0 Å². The second kappa shape index (κ2) is 5.50. The molecule has 1 aromatic rings. The lowest BCUT2D eigenvalue weighted by Gasteiger charge is -2.07. The first-order valence-corrected chi connectivity index (χ1v) is 5.37. The maximum atomic E-state index is 4.38. The predicted molar refractivity (Wildman–Crippen MR) is 66.0 cm³/mol. The van der Waals surface area contributed by atoms with Crippen LogP contribution in [0.4, 0.5) is 0 Å². The largest absolute Gasteiger partial charge is 0.261 e. The van der Waals surface area contributed by atoms with Crippen LogP contribution in [0, 0.1) is 6.92 Å². The molecule has 1 heteroatoms. The van der Waals surface area contributed by atoms with Crippen LogP contribution < -0.4 is 0 Å². The normalized spacial score (nSPS) is 14.5. The number of pyridine rings is 1. The van der Waals surface area contributed by atoms with Gasteiger partial charge in [0.2, 0.25) is 0 Å². The van der Waals surface area contributed by atoms with Crippen LogP contribution in [-0.4, -0.2) is 4.98 Å². The number of nitrogens with zero attached hydrogens (tertiary/aromatic N) is 1. The van der Waals surface area contributed by atoms with E-state index in [0.717, 1.165) is 5.69 Å². The average molecular weight is 201 g/mol. The highest BCUT2D eigenvalue weighted by molar-refractivity contribution is 5.25. The van der Waals surface area contributed by atoms with Crippen LogP contribution in [0.15, 0.2) is 42.1 Å². The fourth-order valence-corrected chi connectivity index (χ4v) is 1.61. The van der Waals surface area contributed by atoms with Crippen LogP contribution in [0.5, 0.6) is 0 Å². The van der Waals surface area contributed by atoms with E-state index < -0.39 is 0 Å². The van der Waals surface area contributed by atoms with Gasteiger partial charge in [0.05, 0.1) is 0 Å². The lowest BCUT2D eigenvalue weighted by atomic mass is 10.0. The molecule has 1 heterocycles. The van der Waals surface area contributed by atoms with E-state index in [1.165, 1.54) is 11.1 Å². The highest BCUT2D eigenvalue weighted by Crippen LogP contribution is 2.17. The van der Waals surface area contributed by atoms with Gasteiger partial charge in [0.25, 0.3) is 0 Å². The molecule has 0 saturated carbocycles. The molecule has 0 amide bonds. The summed E-state index contributed by atoms with van der Waals surface area (Å²) in [6.45, 7) is 8.43. The Labute approximate surface area is 92.6 Å². The number of allylic oxidation sites excluding steroid dienone is 4. The third kappa shape index (κ3) is 3.70. The molecule has 0 saturated heterocycles. The molecule has 15 heavy (non-hydrogen) atoms. The molecule has 1 aromatic heterocycles. The van der Waals surface area contributed by atoms with E-state index in [2.05, 4.69) is 50.0 Å². The van der Waals surface area contributed by atoms with Gasteiger partial charge in [-0.2, -0.15) is 0 Å². The van der Waals surface area contributed by atoms with E-state index in [1.54, 1.807) is 0 Å². The summed E-state index contributed by atoms with van der Waals surface area (Å²) in [4.78, 5) is 4.38. The summed E-state index contributed by atoms with van der Waals surface area (Å²) in [6, 6.07) is 4.17. The second-order valence-electron chi connectivity index (χ2n) is 3.96. The smallest absolute Gasteiger partial charge is 0.0472 e. The maximum Gasteiger partial charge on any atom is 0.0472 e. The van der Waals surface area contributed by atoms with Crippen molar-refractivity contribution in [3.05, 3.63) is 53.4 Å². The molecule has 1 atom stereocenters. The van der Waals surface area contributed by atoms with Gasteiger partial charge in [-0.15, -0.1) is 0 Å². The highest BCUT2D eigenvalue weighted by atomic mass is 14.7. The SMILES string of the molecule is C/C=C\C(C)=C/C(C)c1cc(C)ccn1. The van der Waals surface area contributed by atoms with Gasteiger partial charge in [0.15, 0.2) is 0 Å². The predicted octanol–water partition coefficient (Wildman–Crippen LogP) is 4.02. The molecule has 1 rings (SSSR count). The number of hydrogen-bond acceptors (Lipinski definition) is 1. The number of hydrogen-bond donors (Lipinski definition) is 0. The van der Waals surface area contributed by atoms with Gasteiger partial charge in [0.1, 0.15) is 0 Å². The zero-order valence-corrected chi connectivity index (χ0v) is 9.99. The zero-order valence-electron chi connectivity index (χ0n) is 9.99. The Morgan fingerprint density at radius 3 is 2.80 bits per heavy atom. The molecule has 0 aromatic carbocycles. The van der Waals surface area contributed by atoms with Gasteiger partial charge >= 0.3 is 0 Å². The van der Waals surface area contributed by atoms with E-state index in [9.17, 15) is 0 Å². The maximum absolute atomic E-state index is 4.38. The number of aryl methyl sites for hydroxylation is 1. The fourth-order valence-electron chi connectivity index (χ4n) is 1.61. The van der Waals surface area contributed by atoms with Crippen LogP contribution in [0.3, 0.4) is 0 Å². The monoisotopic (exact) mass is 201 g/mol. The van der Waals surface area contributed by atoms with Crippen molar-refractivity contribution in [2.75, 3.05) is 0 Å². The molecule has 0 aliphatic rings. The number of rotatable bonds is 3. The van der Waals surface area contributed by atoms with Crippen molar-refractivity contribution in [1.29, 1.82) is 0 Å². The first kappa shape index (κ1) is 11.7. The molecule has 0 bridgehead atoms. The number of aromatic nitrogens is 1. The van der Waals surface area contributed by atoms with Gasteiger partial charge in [0, 0.05) is 17.8 Å². The molecular formula is C14H19N. The van der Waals surface area contributed by atoms with Crippen molar-refractivity contribution < 1.29 is 0 Å². The fraction of sp³-hybridized carbons (Fsp3) is 0.357. The average Bonchev–Trinajstić information content (AvgIpc) is 2.18. The lowest BCUT2D eigenvalue weighted by Crippen LogP contribution is -1.94. The van der Waals surface area contributed by atoms with E-state index >= 15 is 0 Å². The summed E-state index contributed by atoms with van der Waals surface area (Å²) in [5, 5.41) is 0. The third-order valence-corrected chi connectivity index (χ3v) is 2.35. The summed E-state index contributed by atoms with van der Waals surface area (Å²) >= 11 is 0. The topological polar surface area (TPSA) is 12.9 Å². The van der Waals surface area contributed by atoms with Crippen molar-refractivity contribution >= 4 is 0 Å². The summed E-state index contributed by atoms with van der Waals surface area (Å²) in [5.74, 6) is 0.376.